The van der Waals surface area contributed by atoms with Gasteiger partial charge in [0.2, 0.25) is 5.82 Å². The number of hydrogen-bond donors (Lipinski definition) is 3. The van der Waals surface area contributed by atoms with E-state index in [0.29, 0.717) is 11.5 Å². The lowest BCUT2D eigenvalue weighted by Gasteiger charge is -2.33. The van der Waals surface area contributed by atoms with E-state index in [1.165, 1.54) is 12.5 Å². The summed E-state index contributed by atoms with van der Waals surface area (Å²) in [4.78, 5) is 22.1. The molecule has 2 saturated heterocycles. The molecule has 10 nitrogen and oxygen atoms in total. The molecule has 2 unspecified atom stereocenters. The third kappa shape index (κ3) is 1.51. The van der Waals surface area contributed by atoms with E-state index in [-0.39, 0.29) is 12.6 Å². The van der Waals surface area contributed by atoms with Crippen LogP contribution in [0.3, 0.4) is 0 Å². The van der Waals surface area contributed by atoms with E-state index in [2.05, 4.69) is 15.0 Å². The molecule has 1 aromatic heterocycles. The molecule has 0 amide bonds. The van der Waals surface area contributed by atoms with Crippen molar-refractivity contribution in [2.45, 2.75) is 24.6 Å². The third-order valence-corrected chi connectivity index (χ3v) is 3.33. The molecule has 2 fully saturated rings. The number of rotatable bonds is 2. The molecule has 0 saturated carbocycles. The number of aliphatic imine (C=N–C) groups is 1. The Hall–Kier alpha value is -1.69. The van der Waals surface area contributed by atoms with Crippen LogP contribution in [0.5, 0.6) is 0 Å². The number of quaternary nitrogens is 1. The Labute approximate surface area is 112 Å². The van der Waals surface area contributed by atoms with Crippen molar-refractivity contribution in [3.8, 4) is 0 Å². The first-order valence-electron chi connectivity index (χ1n) is 5.94. The van der Waals surface area contributed by atoms with Crippen LogP contribution in [0.1, 0.15) is 0 Å². The second-order valence-electron chi connectivity index (χ2n) is 4.62. The van der Waals surface area contributed by atoms with Gasteiger partial charge in [-0.15, -0.1) is 9.83 Å². The number of ether oxygens (including phenoxy) is 1. The van der Waals surface area contributed by atoms with Gasteiger partial charge in [0.1, 0.15) is 35.6 Å². The highest BCUT2D eigenvalue weighted by molar-refractivity contribution is 6.02. The zero-order chi connectivity index (χ0) is 13.9. The quantitative estimate of drug-likeness (QED) is 0.424. The topological polar surface area (TPSA) is 130 Å². The Morgan fingerprint density at radius 1 is 1.30 bits per heavy atom. The number of amidine groups is 1. The molecule has 3 aliphatic heterocycles. The number of aliphatic hydroxyl groups is 3. The number of aromatic nitrogens is 2. The summed E-state index contributed by atoms with van der Waals surface area (Å²) < 4.78 is 5.17. The Morgan fingerprint density at radius 2 is 2.15 bits per heavy atom. The van der Waals surface area contributed by atoms with Gasteiger partial charge in [-0.2, -0.15) is 4.84 Å². The van der Waals surface area contributed by atoms with E-state index < -0.39 is 29.4 Å². The van der Waals surface area contributed by atoms with Crippen molar-refractivity contribution in [2.75, 3.05) is 6.61 Å². The Morgan fingerprint density at radius 3 is 3.00 bits per heavy atom. The predicted octanol–water partition coefficient (Wildman–Crippen LogP) is -1.90. The molecular formula is C10H11N4O6+. The van der Waals surface area contributed by atoms with Crippen molar-refractivity contribution in [3.05, 3.63) is 12.5 Å². The zero-order valence-corrected chi connectivity index (χ0v) is 10.0. The van der Waals surface area contributed by atoms with Gasteiger partial charge in [-0.3, -0.25) is 0 Å². The van der Waals surface area contributed by atoms with Gasteiger partial charge in [0.25, 0.3) is 12.0 Å². The van der Waals surface area contributed by atoms with Crippen LogP contribution in [0.25, 0.3) is 0 Å². The number of fused-ring (bicyclic) bond motifs is 3. The molecule has 4 rings (SSSR count). The van der Waals surface area contributed by atoms with Crippen LogP contribution in [-0.4, -0.2) is 62.5 Å². The smallest absolute Gasteiger partial charge is 0.388 e. The molecular weight excluding hydrogens is 272 g/mol. The lowest BCUT2D eigenvalue weighted by molar-refractivity contribution is -0.334. The van der Waals surface area contributed by atoms with Gasteiger partial charge in [-0.25, -0.2) is 9.97 Å². The minimum atomic E-state index is -1.41. The van der Waals surface area contributed by atoms with E-state index in [4.69, 9.17) is 14.4 Å². The van der Waals surface area contributed by atoms with Crippen molar-refractivity contribution in [2.24, 2.45) is 4.99 Å². The maximum absolute atomic E-state index is 9.85. The van der Waals surface area contributed by atoms with Crippen LogP contribution in [0.2, 0.25) is 0 Å². The molecule has 10 heteroatoms. The van der Waals surface area contributed by atoms with E-state index in [1.54, 1.807) is 0 Å². The Kier molecular flexibility index (Phi) is 2.36. The molecule has 5 atom stereocenters. The zero-order valence-electron chi connectivity index (χ0n) is 10.0. The largest absolute Gasteiger partial charge is 0.540 e. The van der Waals surface area contributed by atoms with Crippen LogP contribution < -0.4 is 4.81 Å². The number of hydroxylamine groups is 2. The van der Waals surface area contributed by atoms with E-state index in [9.17, 15) is 15.3 Å². The summed E-state index contributed by atoms with van der Waals surface area (Å²) in [5.74, 6) is 0.409. The maximum atomic E-state index is 9.85. The summed E-state index contributed by atoms with van der Waals surface area (Å²) in [6, 6.07) is 0.247. The van der Waals surface area contributed by atoms with Crippen LogP contribution >= 0.6 is 0 Å². The minimum Gasteiger partial charge on any atom is -0.388 e. The first kappa shape index (κ1) is 12.1. The molecule has 0 spiro atoms. The fourth-order valence-corrected chi connectivity index (χ4v) is 2.17. The van der Waals surface area contributed by atoms with Crippen molar-refractivity contribution < 1.29 is 29.7 Å². The normalized spacial score (nSPS) is 41.5. The Bertz CT molecular complexity index is 597. The summed E-state index contributed by atoms with van der Waals surface area (Å²) in [6.07, 6.45) is -2.29. The molecule has 0 radical (unpaired) electrons. The highest BCUT2D eigenvalue weighted by atomic mass is 17.1. The molecule has 0 aliphatic carbocycles. The number of nitrogens with zero attached hydrogens (tertiary/aromatic N) is 4. The van der Waals surface area contributed by atoms with E-state index >= 15 is 0 Å². The standard InChI is InChI=1S/C10H11N4O6/c15-5-2-18-9(7(17)6(5)16)19-14-4-1-11-3-12-8(4)13-10(14)20-14/h1,3,5-7,9,15-17H,2H2/q+1/t5-,6-,7-,9?,14?/m1/s1. The van der Waals surface area contributed by atoms with E-state index in [1.807, 2.05) is 0 Å². The van der Waals surface area contributed by atoms with Gasteiger partial charge in [-0.1, -0.05) is 0 Å². The van der Waals surface area contributed by atoms with Crippen molar-refractivity contribution in [3.63, 3.8) is 0 Å². The van der Waals surface area contributed by atoms with Crippen molar-refractivity contribution >= 4 is 17.5 Å². The fourth-order valence-electron chi connectivity index (χ4n) is 2.17. The highest BCUT2D eigenvalue weighted by Crippen LogP contribution is 2.49. The van der Waals surface area contributed by atoms with Gasteiger partial charge < -0.3 is 20.1 Å². The van der Waals surface area contributed by atoms with Gasteiger partial charge in [-0.05, 0) is 0 Å². The van der Waals surface area contributed by atoms with Gasteiger partial charge in [0.05, 0.1) is 6.61 Å². The fraction of sp³-hybridized carbons (Fsp3) is 0.500. The second-order valence-corrected chi connectivity index (χ2v) is 4.62. The average molecular weight is 283 g/mol. The lowest BCUT2D eigenvalue weighted by atomic mass is 10.1. The molecule has 3 aliphatic rings. The average Bonchev–Trinajstić information content (AvgIpc) is 3.06. The van der Waals surface area contributed by atoms with Crippen molar-refractivity contribution in [1.82, 2.24) is 14.8 Å². The monoisotopic (exact) mass is 283 g/mol. The summed E-state index contributed by atoms with van der Waals surface area (Å²) in [6.45, 7) is -0.159. The minimum absolute atomic E-state index is 0.159. The summed E-state index contributed by atoms with van der Waals surface area (Å²) in [7, 11) is 0. The first-order valence-corrected chi connectivity index (χ1v) is 5.94. The SMILES string of the molecule is O[C@@H]1[C@H](O)COC(O[N+]23OC2=Nc2ncncc23)[C@@H]1O. The van der Waals surface area contributed by atoms with Gasteiger partial charge >= 0.3 is 6.02 Å². The van der Waals surface area contributed by atoms with Crippen molar-refractivity contribution in [1.29, 1.82) is 0 Å². The second kappa shape index (κ2) is 3.91. The first-order chi connectivity index (χ1) is 9.62. The molecule has 106 valence electrons. The van der Waals surface area contributed by atoms with Gasteiger partial charge in [0.15, 0.2) is 0 Å². The molecule has 1 aromatic rings. The summed E-state index contributed by atoms with van der Waals surface area (Å²) in [5.41, 5.74) is 0.457. The molecule has 20 heavy (non-hydrogen) atoms. The predicted molar refractivity (Wildman–Crippen MR) is 60.9 cm³/mol. The van der Waals surface area contributed by atoms with Gasteiger partial charge in [0, 0.05) is 0 Å². The summed E-state index contributed by atoms with van der Waals surface area (Å²) in [5, 5.41) is 28.9. The van der Waals surface area contributed by atoms with Crippen LogP contribution in [0.15, 0.2) is 17.5 Å². The van der Waals surface area contributed by atoms with Crippen LogP contribution in [0.4, 0.5) is 11.5 Å². The molecule has 3 N–H and O–H groups in total. The van der Waals surface area contributed by atoms with Crippen LogP contribution in [0, 0.1) is 0 Å². The Balaban J connectivity index is 1.58. The number of aliphatic hydroxyl groups excluding tert-OH is 3. The molecule has 4 heterocycles. The number of hydrogen-bond acceptors (Lipinski definition) is 9. The third-order valence-electron chi connectivity index (χ3n) is 3.33. The highest BCUT2D eigenvalue weighted by Gasteiger charge is 2.73. The molecule has 0 bridgehead atoms. The maximum Gasteiger partial charge on any atom is 0.540 e. The van der Waals surface area contributed by atoms with E-state index in [0.717, 1.165) is 0 Å². The van der Waals surface area contributed by atoms with Crippen LogP contribution in [-0.2, 0) is 14.4 Å². The lowest BCUT2D eigenvalue weighted by Crippen LogP contribution is -2.56. The summed E-state index contributed by atoms with van der Waals surface area (Å²) >= 11 is 0. The molecule has 0 aromatic carbocycles.